The van der Waals surface area contributed by atoms with Crippen LogP contribution < -0.4 is 5.32 Å². The van der Waals surface area contributed by atoms with Gasteiger partial charge in [-0.2, -0.15) is 4.98 Å². The van der Waals surface area contributed by atoms with Crippen LogP contribution in [0.3, 0.4) is 0 Å². The maximum atomic E-state index is 5.30. The van der Waals surface area contributed by atoms with Crippen molar-refractivity contribution >= 4 is 29.9 Å². The number of nitrogens with one attached hydrogen (secondary N) is 1. The average molecular weight is 513 g/mol. The second-order valence-corrected chi connectivity index (χ2v) is 7.11. The Morgan fingerprint density at radius 3 is 2.76 bits per heavy atom. The van der Waals surface area contributed by atoms with Gasteiger partial charge in [0.15, 0.2) is 11.8 Å². The molecule has 0 amide bonds. The third-order valence-corrected chi connectivity index (χ3v) is 4.97. The van der Waals surface area contributed by atoms with E-state index in [1.807, 2.05) is 19.1 Å². The summed E-state index contributed by atoms with van der Waals surface area (Å²) in [4.78, 5) is 11.6. The summed E-state index contributed by atoms with van der Waals surface area (Å²) in [7, 11) is 1.77. The Hall–Kier alpha value is -1.68. The molecule has 1 atom stereocenters. The number of halogens is 1. The van der Waals surface area contributed by atoms with Crippen LogP contribution in [0, 0.1) is 5.92 Å². The number of likely N-dealkylation sites (tertiary alicyclic amines) is 1. The first kappa shape index (κ1) is 23.6. The Morgan fingerprint density at radius 1 is 1.31 bits per heavy atom. The third kappa shape index (κ3) is 6.67. The van der Waals surface area contributed by atoms with E-state index in [1.54, 1.807) is 7.11 Å². The van der Waals surface area contributed by atoms with Crippen molar-refractivity contribution in [1.82, 2.24) is 20.4 Å². The predicted molar refractivity (Wildman–Crippen MR) is 126 cm³/mol. The van der Waals surface area contributed by atoms with Crippen molar-refractivity contribution in [3.8, 4) is 11.5 Å². The lowest BCUT2D eigenvalue weighted by molar-refractivity contribution is 0.157. The molecule has 0 radical (unpaired) electrons. The topological polar surface area (TPSA) is 75.8 Å². The largest absolute Gasteiger partial charge is 0.384 e. The highest BCUT2D eigenvalue weighted by Gasteiger charge is 2.24. The molecule has 2 heterocycles. The zero-order chi connectivity index (χ0) is 19.8. The van der Waals surface area contributed by atoms with Gasteiger partial charge in [0, 0.05) is 51.2 Å². The van der Waals surface area contributed by atoms with E-state index >= 15 is 0 Å². The normalized spacial score (nSPS) is 16.7. The van der Waals surface area contributed by atoms with Crippen LogP contribution in [0.4, 0.5) is 0 Å². The number of hydrogen-bond acceptors (Lipinski definition) is 5. The third-order valence-electron chi connectivity index (χ3n) is 4.97. The van der Waals surface area contributed by atoms with Gasteiger partial charge in [-0.05, 0) is 37.5 Å². The first-order chi connectivity index (χ1) is 13.7. The second kappa shape index (κ2) is 12.1. The van der Waals surface area contributed by atoms with Crippen LogP contribution in [0.1, 0.15) is 31.7 Å². The van der Waals surface area contributed by atoms with Crippen molar-refractivity contribution in [2.24, 2.45) is 10.9 Å². The zero-order valence-electron chi connectivity index (χ0n) is 17.6. The predicted octanol–water partition coefficient (Wildman–Crippen LogP) is 3.39. The van der Waals surface area contributed by atoms with Crippen molar-refractivity contribution in [3.05, 3.63) is 35.7 Å². The van der Waals surface area contributed by atoms with E-state index in [0.717, 1.165) is 69.4 Å². The van der Waals surface area contributed by atoms with Gasteiger partial charge in [0.05, 0.1) is 6.61 Å². The molecule has 7 nitrogen and oxygen atoms in total. The molecule has 2 aromatic rings. The Kier molecular flexibility index (Phi) is 9.86. The Morgan fingerprint density at radius 2 is 2.10 bits per heavy atom. The summed E-state index contributed by atoms with van der Waals surface area (Å²) in [6.07, 6.45) is 2.83. The molecule has 1 aliphatic heterocycles. The smallest absolute Gasteiger partial charge is 0.257 e. The van der Waals surface area contributed by atoms with Crippen molar-refractivity contribution in [3.63, 3.8) is 0 Å². The number of aliphatic imine (C=N–C) groups is 1. The van der Waals surface area contributed by atoms with E-state index in [9.17, 15) is 0 Å². The second-order valence-electron chi connectivity index (χ2n) is 7.11. The fourth-order valence-electron chi connectivity index (χ4n) is 3.44. The molecule has 3 rings (SSSR count). The van der Waals surface area contributed by atoms with Crippen LogP contribution in [0.5, 0.6) is 0 Å². The van der Waals surface area contributed by atoms with Gasteiger partial charge in [0.1, 0.15) is 0 Å². The van der Waals surface area contributed by atoms with Gasteiger partial charge < -0.3 is 19.5 Å². The summed E-state index contributed by atoms with van der Waals surface area (Å²) < 4.78 is 10.6. The highest BCUT2D eigenvalue weighted by Crippen LogP contribution is 2.19. The fourth-order valence-corrected chi connectivity index (χ4v) is 3.44. The molecule has 8 heteroatoms. The number of rotatable bonds is 8. The molecule has 0 bridgehead atoms. The van der Waals surface area contributed by atoms with Crippen LogP contribution in [-0.2, 0) is 17.6 Å². The van der Waals surface area contributed by atoms with Crippen molar-refractivity contribution in [2.75, 3.05) is 39.9 Å². The number of aromatic nitrogens is 2. The molecule has 1 aromatic carbocycles. The van der Waals surface area contributed by atoms with Crippen molar-refractivity contribution < 1.29 is 9.26 Å². The molecule has 1 aliphatic rings. The monoisotopic (exact) mass is 513 g/mol. The number of methoxy groups -OCH3 is 1. The quantitative estimate of drug-likeness (QED) is 0.332. The summed E-state index contributed by atoms with van der Waals surface area (Å²) in [5.74, 6) is 2.92. The van der Waals surface area contributed by atoms with Gasteiger partial charge in [-0.3, -0.25) is 4.99 Å². The zero-order valence-corrected chi connectivity index (χ0v) is 19.9. The summed E-state index contributed by atoms with van der Waals surface area (Å²) in [5.41, 5.74) is 2.20. The molecule has 1 fully saturated rings. The maximum Gasteiger partial charge on any atom is 0.257 e. The Labute approximate surface area is 190 Å². The van der Waals surface area contributed by atoms with E-state index in [2.05, 4.69) is 39.4 Å². The van der Waals surface area contributed by atoms with Gasteiger partial charge in [-0.25, -0.2) is 0 Å². The molecule has 0 saturated carbocycles. The Bertz CT molecular complexity index is 763. The molecule has 1 aromatic heterocycles. The molecule has 1 N–H and O–H groups in total. The minimum Gasteiger partial charge on any atom is -0.384 e. The molecule has 1 saturated heterocycles. The van der Waals surface area contributed by atoms with Crippen molar-refractivity contribution in [1.29, 1.82) is 0 Å². The van der Waals surface area contributed by atoms with Gasteiger partial charge in [-0.1, -0.05) is 24.2 Å². The first-order valence-corrected chi connectivity index (χ1v) is 10.2. The van der Waals surface area contributed by atoms with Crippen LogP contribution in [-0.4, -0.2) is 60.9 Å². The molecule has 160 valence electrons. The van der Waals surface area contributed by atoms with Gasteiger partial charge in [0.2, 0.25) is 0 Å². The lowest BCUT2D eigenvalue weighted by Crippen LogP contribution is -2.40. The lowest BCUT2D eigenvalue weighted by atomic mass is 10.1. The van der Waals surface area contributed by atoms with Crippen LogP contribution in [0.25, 0.3) is 11.5 Å². The lowest BCUT2D eigenvalue weighted by Gasteiger charge is -2.21. The highest BCUT2D eigenvalue weighted by atomic mass is 127. The summed E-state index contributed by atoms with van der Waals surface area (Å²) >= 11 is 0. The van der Waals surface area contributed by atoms with Crippen LogP contribution >= 0.6 is 24.0 Å². The van der Waals surface area contributed by atoms with Crippen LogP contribution in [0.2, 0.25) is 0 Å². The Balaban J connectivity index is 0.00000300. The number of hydrogen-bond donors (Lipinski definition) is 1. The van der Waals surface area contributed by atoms with E-state index in [4.69, 9.17) is 14.3 Å². The van der Waals surface area contributed by atoms with Gasteiger partial charge in [-0.15, -0.1) is 24.0 Å². The number of aryl methyl sites for hydroxylation is 1. The van der Waals surface area contributed by atoms with E-state index in [0.29, 0.717) is 11.8 Å². The molecule has 0 spiro atoms. The van der Waals surface area contributed by atoms with E-state index in [1.165, 1.54) is 5.56 Å². The maximum absolute atomic E-state index is 5.30. The van der Waals surface area contributed by atoms with Gasteiger partial charge in [0.25, 0.3) is 5.89 Å². The summed E-state index contributed by atoms with van der Waals surface area (Å²) in [6, 6.07) is 8.29. The first-order valence-electron chi connectivity index (χ1n) is 10.2. The standard InChI is InChI=1S/C21H31N5O2.HI/c1-4-19-24-20(28-25-19)18-8-6-16(7-9-18)10-12-23-21(22-5-2)26-13-11-17(14-26)15-27-3;/h6-9,17H,4-5,10-15H2,1-3H3,(H,22,23);1H. The number of ether oxygens (including phenoxy) is 1. The minimum absolute atomic E-state index is 0. The summed E-state index contributed by atoms with van der Waals surface area (Å²) in [6.45, 7) is 8.63. The van der Waals surface area contributed by atoms with E-state index < -0.39 is 0 Å². The molecule has 1 unspecified atom stereocenters. The molecule has 0 aliphatic carbocycles. The number of nitrogens with zero attached hydrogens (tertiary/aromatic N) is 4. The SMILES string of the molecule is CCNC(=NCCc1ccc(-c2nc(CC)no2)cc1)N1CCC(COC)C1.I. The summed E-state index contributed by atoms with van der Waals surface area (Å²) in [5, 5.41) is 7.37. The number of benzene rings is 1. The fraction of sp³-hybridized carbons (Fsp3) is 0.571. The highest BCUT2D eigenvalue weighted by molar-refractivity contribution is 14.0. The minimum atomic E-state index is 0. The van der Waals surface area contributed by atoms with Gasteiger partial charge >= 0.3 is 0 Å². The molecule has 29 heavy (non-hydrogen) atoms. The van der Waals surface area contributed by atoms with E-state index in [-0.39, 0.29) is 24.0 Å². The average Bonchev–Trinajstić information content (AvgIpc) is 3.38. The molecular formula is C21H32IN5O2. The van der Waals surface area contributed by atoms with Crippen LogP contribution in [0.15, 0.2) is 33.8 Å². The number of guanidine groups is 1. The van der Waals surface area contributed by atoms with Crippen molar-refractivity contribution in [2.45, 2.75) is 33.1 Å². The molecular weight excluding hydrogens is 481 g/mol.